The quantitative estimate of drug-likeness (QED) is 0.817. The number of imidazole rings is 1. The van der Waals surface area contributed by atoms with Gasteiger partial charge in [-0.2, -0.15) is 0 Å². The number of aryl methyl sites for hydroxylation is 2. The molecule has 0 amide bonds. The minimum Gasteiger partial charge on any atom is -0.481 e. The second-order valence-corrected chi connectivity index (χ2v) is 3.44. The van der Waals surface area contributed by atoms with E-state index in [1.807, 2.05) is 13.0 Å². The van der Waals surface area contributed by atoms with Gasteiger partial charge in [-0.3, -0.25) is 4.79 Å². The van der Waals surface area contributed by atoms with Gasteiger partial charge in [0.05, 0.1) is 12.7 Å². The summed E-state index contributed by atoms with van der Waals surface area (Å²) in [6, 6.07) is 1.93. The highest BCUT2D eigenvalue weighted by Crippen LogP contribution is 2.11. The first kappa shape index (κ1) is 9.64. The van der Waals surface area contributed by atoms with E-state index in [1.165, 1.54) is 0 Å². The summed E-state index contributed by atoms with van der Waals surface area (Å²) in [6.07, 6.45) is 3.46. The number of carboxylic acid groups (broad SMARTS) is 1. The summed E-state index contributed by atoms with van der Waals surface area (Å²) in [4.78, 5) is 18.8. The molecule has 2 heterocycles. The average Bonchev–Trinajstić information content (AvgIpc) is 2.57. The molecular weight excluding hydrogens is 194 g/mol. The summed E-state index contributed by atoms with van der Waals surface area (Å²) >= 11 is 0. The summed E-state index contributed by atoms with van der Waals surface area (Å²) in [7, 11) is 0. The Bertz CT molecular complexity index is 504. The van der Waals surface area contributed by atoms with Gasteiger partial charge in [-0.15, -0.1) is 0 Å². The van der Waals surface area contributed by atoms with E-state index in [-0.39, 0.29) is 6.42 Å². The molecule has 0 aliphatic heterocycles. The first-order valence-electron chi connectivity index (χ1n) is 4.66. The lowest BCUT2D eigenvalue weighted by Crippen LogP contribution is -2.03. The van der Waals surface area contributed by atoms with Crippen molar-refractivity contribution in [3.63, 3.8) is 0 Å². The first-order chi connectivity index (χ1) is 7.16. The lowest BCUT2D eigenvalue weighted by atomic mass is 10.3. The number of pyridine rings is 1. The molecule has 0 atom stereocenters. The van der Waals surface area contributed by atoms with Gasteiger partial charge in [-0.25, -0.2) is 9.97 Å². The van der Waals surface area contributed by atoms with E-state index in [2.05, 4.69) is 9.97 Å². The van der Waals surface area contributed by atoms with E-state index in [0.717, 1.165) is 16.7 Å². The zero-order chi connectivity index (χ0) is 10.8. The predicted octanol–water partition coefficient (Wildman–Crippen LogP) is 1.21. The predicted molar refractivity (Wildman–Crippen MR) is 54.5 cm³/mol. The fourth-order valence-electron chi connectivity index (χ4n) is 1.43. The monoisotopic (exact) mass is 205 g/mol. The molecule has 1 N–H and O–H groups in total. The van der Waals surface area contributed by atoms with Crippen molar-refractivity contribution in [1.29, 1.82) is 0 Å². The van der Waals surface area contributed by atoms with Gasteiger partial charge in [-0.05, 0) is 18.6 Å². The Balaban J connectivity index is 2.32. The molecule has 0 bridgehead atoms. The van der Waals surface area contributed by atoms with Crippen molar-refractivity contribution in [3.05, 3.63) is 24.2 Å². The molecule has 5 heteroatoms. The molecule has 78 valence electrons. The molecule has 0 radical (unpaired) electrons. The van der Waals surface area contributed by atoms with E-state index >= 15 is 0 Å². The molecule has 2 aromatic heterocycles. The van der Waals surface area contributed by atoms with Crippen LogP contribution in [0.1, 0.15) is 12.0 Å². The fourth-order valence-corrected chi connectivity index (χ4v) is 1.43. The molecule has 0 saturated carbocycles. The normalized spacial score (nSPS) is 10.7. The van der Waals surface area contributed by atoms with Crippen LogP contribution in [0.5, 0.6) is 0 Å². The number of carboxylic acids is 1. The van der Waals surface area contributed by atoms with Crippen molar-refractivity contribution in [3.8, 4) is 0 Å². The lowest BCUT2D eigenvalue weighted by molar-refractivity contribution is -0.137. The highest BCUT2D eigenvalue weighted by Gasteiger charge is 2.05. The van der Waals surface area contributed by atoms with Crippen LogP contribution >= 0.6 is 0 Å². The van der Waals surface area contributed by atoms with E-state index in [0.29, 0.717) is 6.54 Å². The molecular formula is C10H11N3O2. The van der Waals surface area contributed by atoms with Crippen LogP contribution in [0.4, 0.5) is 0 Å². The van der Waals surface area contributed by atoms with Crippen LogP contribution in [-0.2, 0) is 11.3 Å². The number of aromatic nitrogens is 3. The number of nitrogens with zero attached hydrogens (tertiary/aromatic N) is 3. The van der Waals surface area contributed by atoms with E-state index < -0.39 is 5.97 Å². The van der Waals surface area contributed by atoms with Crippen LogP contribution in [0.2, 0.25) is 0 Å². The molecule has 0 spiro atoms. The molecule has 0 aromatic carbocycles. The zero-order valence-electron chi connectivity index (χ0n) is 8.34. The van der Waals surface area contributed by atoms with E-state index in [1.54, 1.807) is 17.1 Å². The second-order valence-electron chi connectivity index (χ2n) is 3.44. The van der Waals surface area contributed by atoms with Crippen molar-refractivity contribution in [2.24, 2.45) is 0 Å². The van der Waals surface area contributed by atoms with Crippen LogP contribution in [0.3, 0.4) is 0 Å². The highest BCUT2D eigenvalue weighted by atomic mass is 16.4. The van der Waals surface area contributed by atoms with Crippen molar-refractivity contribution in [2.75, 3.05) is 0 Å². The number of aliphatic carboxylic acids is 1. The van der Waals surface area contributed by atoms with Gasteiger partial charge < -0.3 is 9.67 Å². The maximum atomic E-state index is 10.4. The highest BCUT2D eigenvalue weighted by molar-refractivity contribution is 5.71. The average molecular weight is 205 g/mol. The Labute approximate surface area is 86.4 Å². The SMILES string of the molecule is Cc1cnc2c(c1)ncn2CCC(=O)O. The van der Waals surface area contributed by atoms with Crippen molar-refractivity contribution in [1.82, 2.24) is 14.5 Å². The third-order valence-electron chi connectivity index (χ3n) is 2.16. The second kappa shape index (κ2) is 3.68. The van der Waals surface area contributed by atoms with Gasteiger partial charge in [0.15, 0.2) is 5.65 Å². The van der Waals surface area contributed by atoms with Gasteiger partial charge >= 0.3 is 5.97 Å². The third kappa shape index (κ3) is 1.96. The zero-order valence-corrected chi connectivity index (χ0v) is 8.34. The van der Waals surface area contributed by atoms with Crippen LogP contribution < -0.4 is 0 Å². The van der Waals surface area contributed by atoms with Crippen LogP contribution in [0.25, 0.3) is 11.2 Å². The minimum absolute atomic E-state index is 0.0843. The van der Waals surface area contributed by atoms with E-state index in [9.17, 15) is 4.79 Å². The van der Waals surface area contributed by atoms with Crippen molar-refractivity contribution >= 4 is 17.1 Å². The summed E-state index contributed by atoms with van der Waals surface area (Å²) in [5.41, 5.74) is 2.59. The van der Waals surface area contributed by atoms with Crippen molar-refractivity contribution in [2.45, 2.75) is 19.9 Å². The largest absolute Gasteiger partial charge is 0.481 e. The maximum Gasteiger partial charge on any atom is 0.305 e. The number of hydrogen-bond donors (Lipinski definition) is 1. The summed E-state index contributed by atoms with van der Waals surface area (Å²) < 4.78 is 1.75. The van der Waals surface area contributed by atoms with Crippen LogP contribution in [-0.4, -0.2) is 25.6 Å². The molecule has 0 aliphatic rings. The maximum absolute atomic E-state index is 10.4. The van der Waals surface area contributed by atoms with Gasteiger partial charge in [0, 0.05) is 12.7 Å². The molecule has 5 nitrogen and oxygen atoms in total. The Hall–Kier alpha value is -1.91. The number of fused-ring (bicyclic) bond motifs is 1. The molecule has 0 saturated heterocycles. The number of rotatable bonds is 3. The molecule has 15 heavy (non-hydrogen) atoms. The van der Waals surface area contributed by atoms with Crippen LogP contribution in [0, 0.1) is 6.92 Å². The Morgan fingerprint density at radius 1 is 1.53 bits per heavy atom. The van der Waals surface area contributed by atoms with Crippen molar-refractivity contribution < 1.29 is 9.90 Å². The Morgan fingerprint density at radius 3 is 3.07 bits per heavy atom. The summed E-state index contributed by atoms with van der Waals surface area (Å²) in [5.74, 6) is -0.816. The standard InChI is InChI=1S/C10H11N3O2/c1-7-4-8-10(11-5-7)13(6-12-8)3-2-9(14)15/h4-6H,2-3H2,1H3,(H,14,15). The molecule has 0 fully saturated rings. The fraction of sp³-hybridized carbons (Fsp3) is 0.300. The van der Waals surface area contributed by atoms with Gasteiger partial charge in [-0.1, -0.05) is 0 Å². The number of hydrogen-bond acceptors (Lipinski definition) is 3. The summed E-state index contributed by atoms with van der Waals surface area (Å²) in [6.45, 7) is 2.35. The summed E-state index contributed by atoms with van der Waals surface area (Å²) in [5, 5.41) is 8.57. The minimum atomic E-state index is -0.816. The molecule has 0 aliphatic carbocycles. The van der Waals surface area contributed by atoms with Gasteiger partial charge in [0.25, 0.3) is 0 Å². The number of carbonyl (C=O) groups is 1. The van der Waals surface area contributed by atoms with Crippen LogP contribution in [0.15, 0.2) is 18.6 Å². The molecule has 2 aromatic rings. The van der Waals surface area contributed by atoms with Gasteiger partial charge in [0.1, 0.15) is 5.52 Å². The Kier molecular flexibility index (Phi) is 2.37. The Morgan fingerprint density at radius 2 is 2.33 bits per heavy atom. The van der Waals surface area contributed by atoms with Gasteiger partial charge in [0.2, 0.25) is 0 Å². The first-order valence-corrected chi connectivity index (χ1v) is 4.66. The van der Waals surface area contributed by atoms with E-state index in [4.69, 9.17) is 5.11 Å². The smallest absolute Gasteiger partial charge is 0.305 e. The molecule has 2 rings (SSSR count). The topological polar surface area (TPSA) is 68.0 Å². The lowest BCUT2D eigenvalue weighted by Gasteiger charge is -2.00. The molecule has 0 unspecified atom stereocenters. The third-order valence-corrected chi connectivity index (χ3v) is 2.16.